The maximum Gasteiger partial charge on any atom is 0.102 e. The number of hydrogen-bond donors (Lipinski definition) is 2. The summed E-state index contributed by atoms with van der Waals surface area (Å²) in [4.78, 5) is 0. The second kappa shape index (κ2) is 6.46. The normalized spacial score (nSPS) is 31.2. The Hall–Kier alpha value is -0.120. The summed E-state index contributed by atoms with van der Waals surface area (Å²) in [5.74, 6) is 1.47. The molecule has 0 bridgehead atoms. The topological polar surface area (TPSA) is 61.3 Å². The van der Waals surface area contributed by atoms with Gasteiger partial charge in [0.2, 0.25) is 0 Å². The summed E-state index contributed by atoms with van der Waals surface area (Å²) in [7, 11) is 0. The van der Waals surface area contributed by atoms with Gasteiger partial charge in [-0.2, -0.15) is 0 Å². The molecule has 0 amide bonds. The molecule has 3 nitrogen and oxygen atoms in total. The van der Waals surface area contributed by atoms with Gasteiger partial charge in [-0.1, -0.05) is 13.3 Å². The molecule has 15 heavy (non-hydrogen) atoms. The molecule has 1 aliphatic rings. The van der Waals surface area contributed by atoms with Gasteiger partial charge >= 0.3 is 0 Å². The van der Waals surface area contributed by atoms with E-state index in [0.29, 0.717) is 12.0 Å². The maximum absolute atomic E-state index is 5.91. The van der Waals surface area contributed by atoms with Crippen molar-refractivity contribution >= 4 is 0 Å². The second-order valence-electron chi connectivity index (χ2n) is 4.88. The first-order chi connectivity index (χ1) is 7.13. The van der Waals surface area contributed by atoms with Gasteiger partial charge in [0.15, 0.2) is 0 Å². The van der Waals surface area contributed by atoms with Crippen LogP contribution in [0, 0.1) is 11.8 Å². The van der Waals surface area contributed by atoms with E-state index >= 15 is 0 Å². The predicted octanol–water partition coefficient (Wildman–Crippen LogP) is 1.85. The van der Waals surface area contributed by atoms with Crippen molar-refractivity contribution in [1.82, 2.24) is 0 Å². The smallest absolute Gasteiger partial charge is 0.102 e. The Balaban J connectivity index is 2.31. The summed E-state index contributed by atoms with van der Waals surface area (Å²) < 4.78 is 5.52. The molecular weight excluding hydrogens is 188 g/mol. The number of rotatable bonds is 5. The van der Waals surface area contributed by atoms with E-state index in [2.05, 4.69) is 6.92 Å². The number of ether oxygens (including phenoxy) is 1. The zero-order valence-electron chi connectivity index (χ0n) is 10.1. The number of hydrogen-bond acceptors (Lipinski definition) is 3. The first-order valence-corrected chi connectivity index (χ1v) is 6.26. The Morgan fingerprint density at radius 3 is 2.33 bits per heavy atom. The molecule has 90 valence electrons. The maximum atomic E-state index is 5.91. The van der Waals surface area contributed by atoms with Gasteiger partial charge in [-0.15, -0.1) is 0 Å². The van der Waals surface area contributed by atoms with E-state index in [0.717, 1.165) is 12.5 Å². The van der Waals surface area contributed by atoms with Crippen molar-refractivity contribution in [3.8, 4) is 0 Å². The molecule has 0 saturated heterocycles. The van der Waals surface area contributed by atoms with Crippen LogP contribution in [0.1, 0.15) is 46.0 Å². The average molecular weight is 214 g/mol. The minimum atomic E-state index is -0.134. The molecule has 1 saturated carbocycles. The molecule has 0 heterocycles. The van der Waals surface area contributed by atoms with E-state index in [1.165, 1.54) is 32.1 Å². The summed E-state index contributed by atoms with van der Waals surface area (Å²) in [6, 6.07) is 0.438. The van der Waals surface area contributed by atoms with Gasteiger partial charge in [-0.05, 0) is 44.4 Å². The summed E-state index contributed by atoms with van der Waals surface area (Å²) in [5.41, 5.74) is 11.5. The van der Waals surface area contributed by atoms with Gasteiger partial charge in [-0.25, -0.2) is 0 Å². The third-order valence-electron chi connectivity index (χ3n) is 3.58. The van der Waals surface area contributed by atoms with Gasteiger partial charge in [0.05, 0.1) is 6.61 Å². The van der Waals surface area contributed by atoms with Gasteiger partial charge in [0.25, 0.3) is 0 Å². The molecular formula is C12H26N2O. The van der Waals surface area contributed by atoms with E-state index in [4.69, 9.17) is 16.2 Å². The Morgan fingerprint density at radius 1 is 1.27 bits per heavy atom. The van der Waals surface area contributed by atoms with Crippen molar-refractivity contribution in [3.05, 3.63) is 0 Å². The average Bonchev–Trinajstić information content (AvgIpc) is 2.21. The van der Waals surface area contributed by atoms with Crippen LogP contribution in [0.4, 0.5) is 0 Å². The Bertz CT molecular complexity index is 165. The lowest BCUT2D eigenvalue weighted by molar-refractivity contribution is 0.0203. The van der Waals surface area contributed by atoms with Crippen LogP contribution in [0.3, 0.4) is 0 Å². The van der Waals surface area contributed by atoms with Crippen LogP contribution < -0.4 is 11.5 Å². The molecule has 1 aliphatic carbocycles. The van der Waals surface area contributed by atoms with Crippen molar-refractivity contribution in [3.63, 3.8) is 0 Å². The lowest BCUT2D eigenvalue weighted by atomic mass is 9.77. The van der Waals surface area contributed by atoms with Crippen LogP contribution in [0.2, 0.25) is 0 Å². The van der Waals surface area contributed by atoms with Crippen molar-refractivity contribution in [1.29, 1.82) is 0 Å². The van der Waals surface area contributed by atoms with Crippen LogP contribution in [-0.2, 0) is 4.74 Å². The van der Waals surface area contributed by atoms with Gasteiger partial charge in [0.1, 0.15) is 6.23 Å². The minimum Gasteiger partial charge on any atom is -0.364 e. The van der Waals surface area contributed by atoms with Crippen molar-refractivity contribution in [2.24, 2.45) is 23.3 Å². The quantitative estimate of drug-likeness (QED) is 0.687. The monoisotopic (exact) mass is 214 g/mol. The molecule has 3 heteroatoms. The molecule has 1 rings (SSSR count). The van der Waals surface area contributed by atoms with E-state index in [-0.39, 0.29) is 6.23 Å². The highest BCUT2D eigenvalue weighted by Crippen LogP contribution is 2.31. The molecule has 2 atom stereocenters. The third-order valence-corrected chi connectivity index (χ3v) is 3.58. The standard InChI is InChI=1S/C12H26N2O/c1-3-10(8-15-9(2)13)11-4-6-12(14)7-5-11/h9-12H,3-8,13-14H2,1-2H3. The fourth-order valence-corrected chi connectivity index (χ4v) is 2.48. The van der Waals surface area contributed by atoms with Crippen molar-refractivity contribution in [2.45, 2.75) is 58.2 Å². The van der Waals surface area contributed by atoms with Gasteiger partial charge in [-0.3, -0.25) is 0 Å². The van der Waals surface area contributed by atoms with Crippen LogP contribution in [0.25, 0.3) is 0 Å². The largest absolute Gasteiger partial charge is 0.364 e. The first-order valence-electron chi connectivity index (χ1n) is 6.26. The zero-order valence-corrected chi connectivity index (χ0v) is 10.1. The lowest BCUT2D eigenvalue weighted by Crippen LogP contribution is -2.32. The predicted molar refractivity (Wildman–Crippen MR) is 63.3 cm³/mol. The van der Waals surface area contributed by atoms with Crippen LogP contribution in [0.15, 0.2) is 0 Å². The van der Waals surface area contributed by atoms with E-state index in [1.54, 1.807) is 0 Å². The molecule has 2 unspecified atom stereocenters. The molecule has 0 radical (unpaired) electrons. The molecule has 0 aromatic heterocycles. The van der Waals surface area contributed by atoms with Crippen LogP contribution >= 0.6 is 0 Å². The molecule has 0 aromatic carbocycles. The highest BCUT2D eigenvalue weighted by atomic mass is 16.5. The SMILES string of the molecule is CCC(COC(C)N)C1CCC(N)CC1. The minimum absolute atomic E-state index is 0.134. The molecule has 0 aliphatic heterocycles. The van der Waals surface area contributed by atoms with Gasteiger partial charge in [0, 0.05) is 6.04 Å². The lowest BCUT2D eigenvalue weighted by Gasteiger charge is -2.32. The van der Waals surface area contributed by atoms with E-state index in [9.17, 15) is 0 Å². The Labute approximate surface area is 93.5 Å². The van der Waals surface area contributed by atoms with Crippen LogP contribution in [0.5, 0.6) is 0 Å². The highest BCUT2D eigenvalue weighted by molar-refractivity contribution is 4.78. The molecule has 0 spiro atoms. The van der Waals surface area contributed by atoms with Crippen molar-refractivity contribution < 1.29 is 4.74 Å². The Morgan fingerprint density at radius 2 is 1.87 bits per heavy atom. The molecule has 0 aromatic rings. The Kier molecular flexibility index (Phi) is 5.58. The van der Waals surface area contributed by atoms with Crippen molar-refractivity contribution in [2.75, 3.05) is 6.61 Å². The van der Waals surface area contributed by atoms with E-state index in [1.807, 2.05) is 6.92 Å². The second-order valence-corrected chi connectivity index (χ2v) is 4.88. The highest BCUT2D eigenvalue weighted by Gasteiger charge is 2.25. The fraction of sp³-hybridized carbons (Fsp3) is 1.00. The zero-order chi connectivity index (χ0) is 11.3. The first kappa shape index (κ1) is 12.9. The molecule has 4 N–H and O–H groups in total. The fourth-order valence-electron chi connectivity index (χ4n) is 2.48. The van der Waals surface area contributed by atoms with Crippen LogP contribution in [-0.4, -0.2) is 18.9 Å². The summed E-state index contributed by atoms with van der Waals surface area (Å²) in [6.45, 7) is 4.95. The summed E-state index contributed by atoms with van der Waals surface area (Å²) in [6.07, 6.45) is 5.94. The van der Waals surface area contributed by atoms with E-state index < -0.39 is 0 Å². The number of nitrogens with two attached hydrogens (primary N) is 2. The molecule has 1 fully saturated rings. The van der Waals surface area contributed by atoms with Gasteiger partial charge < -0.3 is 16.2 Å². The third kappa shape index (κ3) is 4.49. The summed E-state index contributed by atoms with van der Waals surface area (Å²) in [5, 5.41) is 0. The summed E-state index contributed by atoms with van der Waals surface area (Å²) >= 11 is 0.